The molecular weight excluding hydrogens is 429 g/mol. The van der Waals surface area contributed by atoms with E-state index in [4.69, 9.17) is 5.14 Å². The number of primary sulfonamides is 1. The summed E-state index contributed by atoms with van der Waals surface area (Å²) in [5.41, 5.74) is 5.36. The van der Waals surface area contributed by atoms with Gasteiger partial charge in [-0.1, -0.05) is 24.8 Å². The van der Waals surface area contributed by atoms with Crippen molar-refractivity contribution in [2.45, 2.75) is 24.2 Å². The first-order valence-electron chi connectivity index (χ1n) is 10.1. The summed E-state index contributed by atoms with van der Waals surface area (Å²) in [6, 6.07) is 14.1. The number of carbonyl (C=O) groups is 1. The molecule has 32 heavy (non-hydrogen) atoms. The number of pyridine rings is 1. The minimum absolute atomic E-state index is 0.184. The molecule has 2 N–H and O–H groups in total. The van der Waals surface area contributed by atoms with Gasteiger partial charge in [-0.25, -0.2) is 17.9 Å². The molecule has 8 heteroatoms. The van der Waals surface area contributed by atoms with E-state index in [0.717, 1.165) is 34.5 Å². The molecule has 162 valence electrons. The molecule has 0 fully saturated rings. The normalized spacial score (nSPS) is 17.4. The number of nitrogens with zero attached hydrogens (tertiary/aromatic N) is 2. The van der Waals surface area contributed by atoms with Crippen LogP contribution < -0.4 is 10.0 Å². The van der Waals surface area contributed by atoms with Gasteiger partial charge in [-0.15, -0.1) is 0 Å². The second kappa shape index (κ2) is 7.36. The van der Waals surface area contributed by atoms with Crippen LogP contribution in [0.1, 0.15) is 16.7 Å². The van der Waals surface area contributed by atoms with Crippen LogP contribution in [0.25, 0.3) is 11.3 Å². The molecule has 0 radical (unpaired) electrons. The number of aromatic nitrogens is 1. The van der Waals surface area contributed by atoms with Crippen LogP contribution >= 0.6 is 0 Å². The summed E-state index contributed by atoms with van der Waals surface area (Å²) in [5.74, 6) is -1.44. The van der Waals surface area contributed by atoms with E-state index in [1.54, 1.807) is 6.20 Å². The number of carbonyl (C=O) groups excluding carboxylic acids is 1. The van der Waals surface area contributed by atoms with E-state index in [9.17, 15) is 17.6 Å². The third kappa shape index (κ3) is 3.41. The van der Waals surface area contributed by atoms with Crippen LogP contribution in [-0.2, 0) is 34.1 Å². The lowest BCUT2D eigenvalue weighted by atomic mass is 10.0. The largest absolute Gasteiger partial charge is 0.285 e. The summed E-state index contributed by atoms with van der Waals surface area (Å²) in [6.07, 6.45) is 3.13. The van der Waals surface area contributed by atoms with Gasteiger partial charge in [-0.05, 0) is 59.9 Å². The molecule has 1 amide bonds. The monoisotopic (exact) mass is 449 g/mol. The number of rotatable bonds is 3. The summed E-state index contributed by atoms with van der Waals surface area (Å²) in [6.45, 7) is 3.96. The van der Waals surface area contributed by atoms with Gasteiger partial charge in [0.1, 0.15) is 10.7 Å². The van der Waals surface area contributed by atoms with Crippen molar-refractivity contribution < 1.29 is 17.6 Å². The molecule has 2 aliphatic rings. The zero-order valence-corrected chi connectivity index (χ0v) is 17.9. The molecule has 1 atom stereocenters. The number of benzene rings is 2. The number of hydrogen-bond donors (Lipinski definition) is 1. The highest BCUT2D eigenvalue weighted by atomic mass is 32.2. The second-order valence-corrected chi connectivity index (χ2v) is 9.71. The lowest BCUT2D eigenvalue weighted by molar-refractivity contribution is -0.121. The van der Waals surface area contributed by atoms with Crippen LogP contribution in [0.15, 0.2) is 71.9 Å². The third-order valence-electron chi connectivity index (χ3n) is 6.06. The van der Waals surface area contributed by atoms with Crippen LogP contribution in [-0.4, -0.2) is 19.3 Å². The molecule has 1 aliphatic carbocycles. The molecule has 0 saturated heterocycles. The molecule has 3 aromatic rings. The number of hydrogen-bond acceptors (Lipinski definition) is 4. The Kier molecular flexibility index (Phi) is 4.72. The number of allylic oxidation sites excluding steroid dienone is 1. The average molecular weight is 450 g/mol. The van der Waals surface area contributed by atoms with Crippen molar-refractivity contribution in [2.24, 2.45) is 11.1 Å². The second-order valence-electron chi connectivity index (χ2n) is 8.18. The Morgan fingerprint density at radius 3 is 2.59 bits per heavy atom. The van der Waals surface area contributed by atoms with E-state index in [1.807, 2.05) is 30.3 Å². The molecule has 0 unspecified atom stereocenters. The minimum Gasteiger partial charge on any atom is -0.285 e. The fraction of sp³-hybridized carbons (Fsp3) is 0.167. The fourth-order valence-corrected chi connectivity index (χ4v) is 5.17. The van der Waals surface area contributed by atoms with Gasteiger partial charge < -0.3 is 0 Å². The van der Waals surface area contributed by atoms with Gasteiger partial charge in [0.25, 0.3) is 0 Å². The highest BCUT2D eigenvalue weighted by Gasteiger charge is 2.37. The Hall–Kier alpha value is -3.36. The maximum atomic E-state index is 14.3. The Balaban J connectivity index is 1.45. The zero-order chi connectivity index (χ0) is 22.6. The molecule has 0 spiro atoms. The Labute approximate surface area is 185 Å². The smallest absolute Gasteiger partial charge is 0.241 e. The number of fused-ring (bicyclic) bond motifs is 2. The molecular formula is C24H20FN3O3S. The predicted octanol–water partition coefficient (Wildman–Crippen LogP) is 3.35. The van der Waals surface area contributed by atoms with Gasteiger partial charge in [0, 0.05) is 29.8 Å². The van der Waals surface area contributed by atoms with Crippen LogP contribution in [0, 0.1) is 11.7 Å². The number of amides is 1. The maximum absolute atomic E-state index is 14.3. The van der Waals surface area contributed by atoms with E-state index in [1.165, 1.54) is 4.90 Å². The van der Waals surface area contributed by atoms with Crippen LogP contribution in [0.3, 0.4) is 0 Å². The lowest BCUT2D eigenvalue weighted by Gasteiger charge is -2.22. The van der Waals surface area contributed by atoms with Gasteiger partial charge in [-0.3, -0.25) is 14.7 Å². The first kappa shape index (κ1) is 20.5. The fourth-order valence-electron chi connectivity index (χ4n) is 4.56. The Morgan fingerprint density at radius 2 is 1.88 bits per heavy atom. The van der Waals surface area contributed by atoms with Gasteiger partial charge >= 0.3 is 0 Å². The molecule has 1 aliphatic heterocycles. The molecule has 2 heterocycles. The first-order chi connectivity index (χ1) is 15.2. The van der Waals surface area contributed by atoms with Crippen molar-refractivity contribution in [1.82, 2.24) is 4.98 Å². The minimum atomic E-state index is -4.26. The van der Waals surface area contributed by atoms with Crippen LogP contribution in [0.2, 0.25) is 0 Å². The number of sulfonamides is 1. The molecule has 0 saturated carbocycles. The summed E-state index contributed by atoms with van der Waals surface area (Å²) < 4.78 is 37.8. The Morgan fingerprint density at radius 1 is 1.09 bits per heavy atom. The highest BCUT2D eigenvalue weighted by Crippen LogP contribution is 2.40. The van der Waals surface area contributed by atoms with E-state index < -0.39 is 20.7 Å². The summed E-state index contributed by atoms with van der Waals surface area (Å²) >= 11 is 0. The lowest BCUT2D eigenvalue weighted by Crippen LogP contribution is -2.34. The van der Waals surface area contributed by atoms with Crippen LogP contribution in [0.5, 0.6) is 0 Å². The van der Waals surface area contributed by atoms with Crippen molar-refractivity contribution in [3.05, 3.63) is 89.5 Å². The highest BCUT2D eigenvalue weighted by molar-refractivity contribution is 7.89. The summed E-state index contributed by atoms with van der Waals surface area (Å²) in [7, 11) is -4.26. The SMILES string of the molecule is C=C1Cc2cc(F)c(S(N)(=O)=O)cc2N1C(=O)[C@@H]1Cc2ccc(-c3ccccn3)cc2C1. The number of nitrogens with two attached hydrogens (primary N) is 1. The van der Waals surface area contributed by atoms with Gasteiger partial charge in [0.15, 0.2) is 0 Å². The van der Waals surface area contributed by atoms with Gasteiger partial charge in [-0.2, -0.15) is 0 Å². The summed E-state index contributed by atoms with van der Waals surface area (Å²) in [4.78, 5) is 18.6. The van der Waals surface area contributed by atoms with E-state index in [2.05, 4.69) is 17.6 Å². The molecule has 2 aromatic carbocycles. The Bertz CT molecular complexity index is 1390. The van der Waals surface area contributed by atoms with Gasteiger partial charge in [0.05, 0.1) is 11.4 Å². The predicted molar refractivity (Wildman–Crippen MR) is 119 cm³/mol. The van der Waals surface area contributed by atoms with Crippen molar-refractivity contribution in [3.8, 4) is 11.3 Å². The molecule has 1 aromatic heterocycles. The number of anilines is 1. The van der Waals surface area contributed by atoms with Crippen molar-refractivity contribution >= 4 is 21.6 Å². The van der Waals surface area contributed by atoms with Crippen molar-refractivity contribution in [2.75, 3.05) is 4.90 Å². The topological polar surface area (TPSA) is 93.4 Å². The van der Waals surface area contributed by atoms with Crippen molar-refractivity contribution in [3.63, 3.8) is 0 Å². The summed E-state index contributed by atoms with van der Waals surface area (Å²) in [5, 5.41) is 5.15. The van der Waals surface area contributed by atoms with Gasteiger partial charge in [0.2, 0.25) is 15.9 Å². The first-order valence-corrected chi connectivity index (χ1v) is 11.7. The number of halogens is 1. The maximum Gasteiger partial charge on any atom is 0.241 e. The molecule has 5 rings (SSSR count). The van der Waals surface area contributed by atoms with E-state index >= 15 is 0 Å². The average Bonchev–Trinajstić information content (AvgIpc) is 3.32. The third-order valence-corrected chi connectivity index (χ3v) is 6.99. The zero-order valence-electron chi connectivity index (χ0n) is 17.1. The van der Waals surface area contributed by atoms with E-state index in [0.29, 0.717) is 29.8 Å². The standard InChI is InChI=1S/C24H20FN3O3S/c1-14-8-18-12-20(25)23(32(26,30)31)13-22(18)28(14)24(29)19-9-15-5-6-16(10-17(15)11-19)21-4-2-3-7-27-21/h2-7,10,12-13,19H,1,8-9,11H2,(H2,26,30,31)/t19-/m1/s1. The van der Waals surface area contributed by atoms with Crippen LogP contribution in [0.4, 0.5) is 10.1 Å². The molecule has 6 nitrogen and oxygen atoms in total. The molecule has 0 bridgehead atoms. The van der Waals surface area contributed by atoms with E-state index in [-0.39, 0.29) is 18.2 Å². The van der Waals surface area contributed by atoms with Crippen molar-refractivity contribution in [1.29, 1.82) is 0 Å². The quantitative estimate of drug-likeness (QED) is 0.664.